The Kier molecular flexibility index (Phi) is 5.54. The second kappa shape index (κ2) is 7.00. The zero-order valence-corrected chi connectivity index (χ0v) is 14.2. The molecule has 0 amide bonds. The summed E-state index contributed by atoms with van der Waals surface area (Å²) in [4.78, 5) is 3.11. The van der Waals surface area contributed by atoms with Gasteiger partial charge in [-0.1, -0.05) is 6.07 Å². The third-order valence-electron chi connectivity index (χ3n) is 3.72. The molecule has 0 saturated carbocycles. The van der Waals surface area contributed by atoms with Crippen LogP contribution in [-0.2, 0) is 10.0 Å². The number of benzene rings is 1. The van der Waals surface area contributed by atoms with Crippen LogP contribution < -0.4 is 5.73 Å². The number of anilines is 1. The van der Waals surface area contributed by atoms with Crippen molar-refractivity contribution in [2.75, 3.05) is 44.4 Å². The molecule has 1 atom stereocenters. The molecule has 0 spiro atoms. The highest BCUT2D eigenvalue weighted by molar-refractivity contribution is 8.00. The monoisotopic (exact) mass is 329 g/mol. The zero-order valence-electron chi connectivity index (χ0n) is 12.5. The molecule has 1 heterocycles. The molecular weight excluding hydrogens is 306 g/mol. The normalized spacial score (nSPS) is 20.2. The van der Waals surface area contributed by atoms with E-state index >= 15 is 0 Å². The topological polar surface area (TPSA) is 66.6 Å². The van der Waals surface area contributed by atoms with Crippen molar-refractivity contribution in [3.8, 4) is 0 Å². The molecule has 1 saturated heterocycles. The smallest absolute Gasteiger partial charge is 0.214 e. The van der Waals surface area contributed by atoms with E-state index in [2.05, 4.69) is 4.90 Å². The fraction of sp³-hybridized carbons (Fsp3) is 0.571. The molecule has 0 bridgehead atoms. The first kappa shape index (κ1) is 16.6. The molecule has 0 aliphatic carbocycles. The molecule has 5 nitrogen and oxygen atoms in total. The quantitative estimate of drug-likeness (QED) is 0.630. The Morgan fingerprint density at radius 2 is 2.19 bits per heavy atom. The van der Waals surface area contributed by atoms with Gasteiger partial charge in [0.1, 0.15) is 0 Å². The van der Waals surface area contributed by atoms with Gasteiger partial charge < -0.3 is 10.6 Å². The Hall–Kier alpha value is -0.760. The van der Waals surface area contributed by atoms with Crippen molar-refractivity contribution in [1.29, 1.82) is 0 Å². The van der Waals surface area contributed by atoms with Crippen molar-refractivity contribution < 1.29 is 8.42 Å². The summed E-state index contributed by atoms with van der Waals surface area (Å²) in [6, 6.07) is 7.86. The van der Waals surface area contributed by atoms with Crippen LogP contribution in [0.1, 0.15) is 6.42 Å². The third kappa shape index (κ3) is 4.60. The summed E-state index contributed by atoms with van der Waals surface area (Å²) < 4.78 is 26.3. The number of hydrogen-bond donors (Lipinski definition) is 1. The molecule has 118 valence electrons. The first-order valence-electron chi connectivity index (χ1n) is 7.01. The second-order valence-corrected chi connectivity index (χ2v) is 8.76. The lowest BCUT2D eigenvalue weighted by Gasteiger charge is -2.20. The molecular formula is C14H23N3O2S2. The predicted octanol–water partition coefficient (Wildman–Crippen LogP) is 1.33. The van der Waals surface area contributed by atoms with Gasteiger partial charge in [0.2, 0.25) is 10.0 Å². The van der Waals surface area contributed by atoms with Crippen LogP contribution in [0.2, 0.25) is 0 Å². The maximum absolute atomic E-state index is 12.3. The number of hydrogen-bond acceptors (Lipinski definition) is 5. The van der Waals surface area contributed by atoms with E-state index in [4.69, 9.17) is 5.73 Å². The number of nitrogens with zero attached hydrogens (tertiary/aromatic N) is 2. The summed E-state index contributed by atoms with van der Waals surface area (Å²) in [6.07, 6.45) is 0.911. The van der Waals surface area contributed by atoms with Crippen molar-refractivity contribution in [1.82, 2.24) is 9.21 Å². The fourth-order valence-corrected chi connectivity index (χ4v) is 5.23. The zero-order chi connectivity index (χ0) is 15.5. The fourth-order valence-electron chi connectivity index (χ4n) is 2.38. The van der Waals surface area contributed by atoms with Gasteiger partial charge in [-0.05, 0) is 38.7 Å². The molecule has 21 heavy (non-hydrogen) atoms. The van der Waals surface area contributed by atoms with Crippen molar-refractivity contribution in [3.63, 3.8) is 0 Å². The Morgan fingerprint density at radius 3 is 2.81 bits per heavy atom. The van der Waals surface area contributed by atoms with Crippen LogP contribution in [0.4, 0.5) is 5.69 Å². The lowest BCUT2D eigenvalue weighted by Crippen LogP contribution is -2.36. The van der Waals surface area contributed by atoms with Gasteiger partial charge in [-0.3, -0.25) is 0 Å². The summed E-state index contributed by atoms with van der Waals surface area (Å²) in [6.45, 7) is 1.24. The summed E-state index contributed by atoms with van der Waals surface area (Å²) in [5.74, 6) is 0.724. The molecule has 0 aromatic heterocycles. The van der Waals surface area contributed by atoms with Crippen LogP contribution in [0, 0.1) is 0 Å². The van der Waals surface area contributed by atoms with E-state index in [-0.39, 0.29) is 5.75 Å². The summed E-state index contributed by atoms with van der Waals surface area (Å²) in [7, 11) is 0.841. The first-order chi connectivity index (χ1) is 9.88. The molecule has 7 heteroatoms. The molecule has 1 aliphatic rings. The highest BCUT2D eigenvalue weighted by Crippen LogP contribution is 2.22. The van der Waals surface area contributed by atoms with Gasteiger partial charge in [0.15, 0.2) is 0 Å². The Balaban J connectivity index is 1.85. The second-order valence-electron chi connectivity index (χ2n) is 5.50. The first-order valence-corrected chi connectivity index (χ1v) is 9.60. The minimum Gasteiger partial charge on any atom is -0.399 e. The van der Waals surface area contributed by atoms with Gasteiger partial charge in [0, 0.05) is 35.5 Å². The number of thioether (sulfide) groups is 1. The van der Waals surface area contributed by atoms with Crippen LogP contribution in [-0.4, -0.2) is 62.4 Å². The minimum absolute atomic E-state index is 0.173. The predicted molar refractivity (Wildman–Crippen MR) is 89.0 cm³/mol. The van der Waals surface area contributed by atoms with Crippen LogP contribution >= 0.6 is 11.8 Å². The average molecular weight is 329 g/mol. The summed E-state index contributed by atoms with van der Waals surface area (Å²) in [5.41, 5.74) is 6.42. The maximum Gasteiger partial charge on any atom is 0.214 e. The van der Waals surface area contributed by atoms with Crippen LogP contribution in [0.3, 0.4) is 0 Å². The molecule has 0 radical (unpaired) electrons. The molecule has 1 aromatic carbocycles. The van der Waals surface area contributed by atoms with Crippen LogP contribution in [0.15, 0.2) is 29.2 Å². The van der Waals surface area contributed by atoms with Crippen molar-refractivity contribution in [2.24, 2.45) is 0 Å². The van der Waals surface area contributed by atoms with Gasteiger partial charge >= 0.3 is 0 Å². The molecule has 2 rings (SSSR count). The molecule has 1 fully saturated rings. The average Bonchev–Trinajstić information content (AvgIpc) is 2.89. The third-order valence-corrected chi connectivity index (χ3v) is 6.81. The highest BCUT2D eigenvalue weighted by Gasteiger charge is 2.31. The van der Waals surface area contributed by atoms with Crippen molar-refractivity contribution in [3.05, 3.63) is 24.3 Å². The largest absolute Gasteiger partial charge is 0.399 e. The van der Waals surface area contributed by atoms with E-state index in [9.17, 15) is 8.42 Å². The van der Waals surface area contributed by atoms with E-state index in [0.717, 1.165) is 11.3 Å². The van der Waals surface area contributed by atoms with E-state index in [0.29, 0.717) is 30.6 Å². The number of likely N-dealkylation sites (N-methyl/N-ethyl adjacent to an activating group) is 1. The standard InChI is InChI=1S/C14H23N3O2S2/c1-16(2)13-6-7-17(11-13)21(18,19)9-8-20-14-5-3-4-12(15)10-14/h3-5,10,13H,6-9,11,15H2,1-2H3. The van der Waals surface area contributed by atoms with E-state index < -0.39 is 10.0 Å². The molecule has 2 N–H and O–H groups in total. The number of nitrogen functional groups attached to an aromatic ring is 1. The minimum atomic E-state index is -3.15. The van der Waals surface area contributed by atoms with Crippen LogP contribution in [0.5, 0.6) is 0 Å². The number of sulfonamides is 1. The number of nitrogens with two attached hydrogens (primary N) is 1. The summed E-state index contributed by atoms with van der Waals surface area (Å²) in [5, 5.41) is 0. The Bertz CT molecular complexity index is 575. The Labute approximate surface area is 131 Å². The maximum atomic E-state index is 12.3. The highest BCUT2D eigenvalue weighted by atomic mass is 32.2. The summed E-state index contributed by atoms with van der Waals surface area (Å²) >= 11 is 1.53. The van der Waals surface area contributed by atoms with Crippen molar-refractivity contribution >= 4 is 27.5 Å². The Morgan fingerprint density at radius 1 is 1.43 bits per heavy atom. The van der Waals surface area contributed by atoms with Gasteiger partial charge in [-0.15, -0.1) is 11.8 Å². The molecule has 1 aromatic rings. The van der Waals surface area contributed by atoms with Gasteiger partial charge in [0.05, 0.1) is 5.75 Å². The van der Waals surface area contributed by atoms with Gasteiger partial charge in [-0.2, -0.15) is 0 Å². The van der Waals surface area contributed by atoms with Crippen molar-refractivity contribution in [2.45, 2.75) is 17.4 Å². The lowest BCUT2D eigenvalue weighted by molar-refractivity contribution is 0.302. The van der Waals surface area contributed by atoms with Gasteiger partial charge in [0.25, 0.3) is 0 Å². The van der Waals surface area contributed by atoms with E-state index in [1.54, 1.807) is 4.31 Å². The number of rotatable bonds is 6. The molecule has 1 aliphatic heterocycles. The van der Waals surface area contributed by atoms with E-state index in [1.807, 2.05) is 38.4 Å². The SMILES string of the molecule is CN(C)C1CCN(S(=O)(=O)CCSc2cccc(N)c2)C1. The lowest BCUT2D eigenvalue weighted by atomic mass is 10.2. The van der Waals surface area contributed by atoms with Crippen LogP contribution in [0.25, 0.3) is 0 Å². The van der Waals surface area contributed by atoms with Gasteiger partial charge in [-0.25, -0.2) is 12.7 Å². The van der Waals surface area contributed by atoms with E-state index in [1.165, 1.54) is 11.8 Å². The molecule has 1 unspecified atom stereocenters.